The summed E-state index contributed by atoms with van der Waals surface area (Å²) in [6, 6.07) is 13.5. The highest BCUT2D eigenvalue weighted by Gasteiger charge is 2.15. The monoisotopic (exact) mass is 422 g/mol. The number of aromatic nitrogens is 2. The van der Waals surface area contributed by atoms with Gasteiger partial charge in [-0.15, -0.1) is 0 Å². The summed E-state index contributed by atoms with van der Waals surface area (Å²) in [6.45, 7) is 5.49. The van der Waals surface area contributed by atoms with Crippen molar-refractivity contribution in [3.05, 3.63) is 69.4 Å². The molecule has 31 heavy (non-hydrogen) atoms. The summed E-state index contributed by atoms with van der Waals surface area (Å²) in [5.74, 6) is -0.308. The van der Waals surface area contributed by atoms with E-state index in [1.807, 2.05) is 13.8 Å². The van der Waals surface area contributed by atoms with Crippen molar-refractivity contribution in [2.45, 2.75) is 40.3 Å². The molecule has 0 radical (unpaired) electrons. The first-order chi connectivity index (χ1) is 14.8. The molecule has 8 nitrogen and oxygen atoms in total. The second-order valence-corrected chi connectivity index (χ2v) is 7.84. The molecule has 162 valence electrons. The zero-order valence-electron chi connectivity index (χ0n) is 17.8. The summed E-state index contributed by atoms with van der Waals surface area (Å²) in [4.78, 5) is 49.9. The third-order valence-corrected chi connectivity index (χ3v) is 4.83. The molecule has 0 unspecified atom stereocenters. The number of para-hydroxylation sites is 1. The number of carbonyl (C=O) groups excluding carboxylic acids is 2. The van der Waals surface area contributed by atoms with Gasteiger partial charge in [0.25, 0.3) is 5.56 Å². The van der Waals surface area contributed by atoms with Gasteiger partial charge in [-0.05, 0) is 42.7 Å². The van der Waals surface area contributed by atoms with E-state index in [4.69, 9.17) is 0 Å². The largest absolute Gasteiger partial charge is 0.331 e. The number of rotatable bonds is 7. The number of hydrogen-bond donors (Lipinski definition) is 2. The molecule has 0 bridgehead atoms. The molecule has 1 aromatic heterocycles. The molecule has 0 saturated heterocycles. The Kier molecular flexibility index (Phi) is 6.69. The van der Waals surface area contributed by atoms with Crippen LogP contribution < -0.4 is 21.9 Å². The molecule has 0 aliphatic carbocycles. The molecule has 0 spiro atoms. The van der Waals surface area contributed by atoms with E-state index >= 15 is 0 Å². The van der Waals surface area contributed by atoms with Crippen molar-refractivity contribution in [2.75, 3.05) is 10.6 Å². The molecular formula is C23H26N4O4. The maximum atomic E-state index is 13.1. The average molecular weight is 422 g/mol. The molecule has 3 rings (SSSR count). The number of anilines is 2. The second kappa shape index (κ2) is 9.42. The number of nitrogens with one attached hydrogen (secondary N) is 2. The number of hydrogen-bond acceptors (Lipinski definition) is 4. The summed E-state index contributed by atoms with van der Waals surface area (Å²) in [6.07, 6.45) is 0.676. The van der Waals surface area contributed by atoms with Gasteiger partial charge in [-0.1, -0.05) is 32.0 Å². The van der Waals surface area contributed by atoms with E-state index in [9.17, 15) is 19.2 Å². The SMILES string of the molecule is CC(=O)Nc1cccc(NC(=O)Cn2c(=O)n(CCC(C)C)c(=O)c3ccccc32)c1. The number of nitrogens with zero attached hydrogens (tertiary/aromatic N) is 2. The molecule has 0 atom stereocenters. The zero-order valence-corrected chi connectivity index (χ0v) is 17.8. The van der Waals surface area contributed by atoms with Crippen molar-refractivity contribution in [3.8, 4) is 0 Å². The molecule has 3 aromatic rings. The molecule has 0 fully saturated rings. The van der Waals surface area contributed by atoms with Gasteiger partial charge in [0.1, 0.15) is 6.54 Å². The van der Waals surface area contributed by atoms with Crippen molar-refractivity contribution in [1.29, 1.82) is 0 Å². The fraction of sp³-hybridized carbons (Fsp3) is 0.304. The first-order valence-corrected chi connectivity index (χ1v) is 10.2. The Balaban J connectivity index is 1.93. The Morgan fingerprint density at radius 2 is 1.61 bits per heavy atom. The highest BCUT2D eigenvalue weighted by Crippen LogP contribution is 2.15. The molecule has 0 saturated carbocycles. The molecule has 2 amide bonds. The van der Waals surface area contributed by atoms with Gasteiger partial charge < -0.3 is 10.6 Å². The van der Waals surface area contributed by atoms with E-state index in [0.29, 0.717) is 41.2 Å². The lowest BCUT2D eigenvalue weighted by Gasteiger charge is -2.15. The lowest BCUT2D eigenvalue weighted by molar-refractivity contribution is -0.117. The average Bonchev–Trinajstić information content (AvgIpc) is 2.70. The van der Waals surface area contributed by atoms with E-state index in [1.165, 1.54) is 16.1 Å². The Morgan fingerprint density at radius 3 is 2.29 bits per heavy atom. The van der Waals surface area contributed by atoms with Gasteiger partial charge in [0.05, 0.1) is 10.9 Å². The predicted molar refractivity (Wildman–Crippen MR) is 121 cm³/mol. The van der Waals surface area contributed by atoms with Crippen LogP contribution in [0.3, 0.4) is 0 Å². The van der Waals surface area contributed by atoms with E-state index < -0.39 is 11.6 Å². The van der Waals surface area contributed by atoms with Crippen LogP contribution in [0.2, 0.25) is 0 Å². The second-order valence-electron chi connectivity index (χ2n) is 7.84. The van der Waals surface area contributed by atoms with Crippen LogP contribution in [0, 0.1) is 5.92 Å². The highest BCUT2D eigenvalue weighted by molar-refractivity contribution is 5.93. The molecule has 8 heteroatoms. The standard InChI is InChI=1S/C23H26N4O4/c1-15(2)11-12-26-22(30)19-9-4-5-10-20(19)27(23(26)31)14-21(29)25-18-8-6-7-17(13-18)24-16(3)28/h4-10,13,15H,11-12,14H2,1-3H3,(H,24,28)(H,25,29). The van der Waals surface area contributed by atoms with Crippen LogP contribution in [0.25, 0.3) is 10.9 Å². The zero-order chi connectivity index (χ0) is 22.5. The van der Waals surface area contributed by atoms with Gasteiger partial charge >= 0.3 is 5.69 Å². The van der Waals surface area contributed by atoms with Gasteiger partial charge in [0.15, 0.2) is 0 Å². The van der Waals surface area contributed by atoms with Crippen LogP contribution in [-0.2, 0) is 22.7 Å². The lowest BCUT2D eigenvalue weighted by atomic mass is 10.1. The smallest absolute Gasteiger partial charge is 0.326 e. The molecule has 2 aromatic carbocycles. The predicted octanol–water partition coefficient (Wildman–Crippen LogP) is 2.81. The van der Waals surface area contributed by atoms with Crippen molar-refractivity contribution in [2.24, 2.45) is 5.92 Å². The van der Waals surface area contributed by atoms with Crippen LogP contribution in [-0.4, -0.2) is 20.9 Å². The quantitative estimate of drug-likeness (QED) is 0.611. The van der Waals surface area contributed by atoms with Crippen molar-refractivity contribution >= 4 is 34.1 Å². The van der Waals surface area contributed by atoms with Gasteiger partial charge in [0, 0.05) is 24.8 Å². The number of fused-ring (bicyclic) bond motifs is 1. The number of benzene rings is 2. The van der Waals surface area contributed by atoms with Crippen molar-refractivity contribution < 1.29 is 9.59 Å². The normalized spacial score (nSPS) is 11.0. The lowest BCUT2D eigenvalue weighted by Crippen LogP contribution is -2.42. The van der Waals surface area contributed by atoms with Gasteiger partial charge in [-0.2, -0.15) is 0 Å². The van der Waals surface area contributed by atoms with Crippen LogP contribution in [0.5, 0.6) is 0 Å². The Hall–Kier alpha value is -3.68. The minimum atomic E-state index is -0.508. The Morgan fingerprint density at radius 1 is 0.935 bits per heavy atom. The van der Waals surface area contributed by atoms with E-state index in [1.54, 1.807) is 48.5 Å². The maximum absolute atomic E-state index is 13.1. The molecular weight excluding hydrogens is 396 g/mol. The summed E-state index contributed by atoms with van der Waals surface area (Å²) in [5.41, 5.74) is 0.602. The highest BCUT2D eigenvalue weighted by atomic mass is 16.2. The first kappa shape index (κ1) is 22.0. The molecule has 0 aliphatic heterocycles. The van der Waals surface area contributed by atoms with Crippen molar-refractivity contribution in [1.82, 2.24) is 9.13 Å². The Labute approximate surface area is 179 Å². The van der Waals surface area contributed by atoms with E-state index in [2.05, 4.69) is 10.6 Å². The van der Waals surface area contributed by atoms with Gasteiger partial charge in [0.2, 0.25) is 11.8 Å². The third-order valence-electron chi connectivity index (χ3n) is 4.83. The fourth-order valence-electron chi connectivity index (χ4n) is 3.33. The van der Waals surface area contributed by atoms with Crippen LogP contribution in [0.15, 0.2) is 58.1 Å². The summed E-state index contributed by atoms with van der Waals surface area (Å²) in [7, 11) is 0. The number of carbonyl (C=O) groups is 2. The van der Waals surface area contributed by atoms with E-state index in [0.717, 1.165) is 0 Å². The fourth-order valence-corrected chi connectivity index (χ4v) is 3.33. The van der Waals surface area contributed by atoms with Crippen LogP contribution in [0.4, 0.5) is 11.4 Å². The van der Waals surface area contributed by atoms with E-state index in [-0.39, 0.29) is 18.0 Å². The summed E-state index contributed by atoms with van der Waals surface area (Å²) >= 11 is 0. The minimum absolute atomic E-state index is 0.217. The summed E-state index contributed by atoms with van der Waals surface area (Å²) in [5, 5.41) is 5.79. The minimum Gasteiger partial charge on any atom is -0.326 e. The van der Waals surface area contributed by atoms with Gasteiger partial charge in [-0.25, -0.2) is 4.79 Å². The van der Waals surface area contributed by atoms with Crippen molar-refractivity contribution in [3.63, 3.8) is 0 Å². The molecule has 1 heterocycles. The van der Waals surface area contributed by atoms with Crippen LogP contribution in [0.1, 0.15) is 27.2 Å². The maximum Gasteiger partial charge on any atom is 0.331 e. The van der Waals surface area contributed by atoms with Gasteiger partial charge in [-0.3, -0.25) is 23.5 Å². The topological polar surface area (TPSA) is 102 Å². The first-order valence-electron chi connectivity index (χ1n) is 10.2. The molecule has 2 N–H and O–H groups in total. The van der Waals surface area contributed by atoms with Crippen LogP contribution >= 0.6 is 0 Å². The summed E-state index contributed by atoms with van der Waals surface area (Å²) < 4.78 is 2.52. The number of amides is 2. The third kappa shape index (κ3) is 5.28. The Bertz CT molecular complexity index is 1240. The molecule has 0 aliphatic rings.